The van der Waals surface area contributed by atoms with Crippen molar-refractivity contribution in [2.24, 2.45) is 0 Å². The van der Waals surface area contributed by atoms with Crippen LogP contribution in [0.25, 0.3) is 0 Å². The lowest BCUT2D eigenvalue weighted by atomic mass is 10.2. The number of nitrogens with one attached hydrogen (secondary N) is 1. The molecule has 0 aromatic heterocycles. The molecule has 0 rings (SSSR count). The fourth-order valence-corrected chi connectivity index (χ4v) is 0.778. The van der Waals surface area contributed by atoms with Crippen LogP contribution >= 0.6 is 0 Å². The standard InChI is InChI=1S/C8H11NO7/c1-4(10)16-3-6(11)9-5(8(14)15)2-7(12)13/h5H,2-3H2,1H3,(H,9,11)(H,12,13)(H,14,15)/t5-/m1/s1. The minimum absolute atomic E-state index is 0.640. The van der Waals surface area contributed by atoms with E-state index in [0.717, 1.165) is 6.92 Å². The molecule has 8 heteroatoms. The van der Waals surface area contributed by atoms with Crippen LogP contribution in [0.5, 0.6) is 0 Å². The van der Waals surface area contributed by atoms with Gasteiger partial charge >= 0.3 is 17.9 Å². The molecule has 0 aliphatic rings. The maximum absolute atomic E-state index is 11.0. The van der Waals surface area contributed by atoms with Crippen LogP contribution in [0.4, 0.5) is 0 Å². The number of esters is 1. The number of carbonyl (C=O) groups is 4. The van der Waals surface area contributed by atoms with Gasteiger partial charge in [-0.15, -0.1) is 0 Å². The van der Waals surface area contributed by atoms with Gasteiger partial charge < -0.3 is 20.3 Å². The summed E-state index contributed by atoms with van der Waals surface area (Å²) in [6, 6.07) is -1.54. The Morgan fingerprint density at radius 1 is 1.25 bits per heavy atom. The zero-order chi connectivity index (χ0) is 12.7. The van der Waals surface area contributed by atoms with Gasteiger partial charge in [-0.3, -0.25) is 14.4 Å². The Morgan fingerprint density at radius 2 is 1.81 bits per heavy atom. The maximum Gasteiger partial charge on any atom is 0.326 e. The Kier molecular flexibility index (Phi) is 5.53. The molecule has 0 saturated carbocycles. The molecule has 0 aromatic rings. The number of carbonyl (C=O) groups excluding carboxylic acids is 2. The van der Waals surface area contributed by atoms with Gasteiger partial charge in [-0.2, -0.15) is 0 Å². The third-order valence-corrected chi connectivity index (χ3v) is 1.42. The van der Waals surface area contributed by atoms with Crippen molar-refractivity contribution in [2.45, 2.75) is 19.4 Å². The zero-order valence-corrected chi connectivity index (χ0v) is 8.43. The Labute approximate surface area is 90.2 Å². The van der Waals surface area contributed by atoms with E-state index in [9.17, 15) is 19.2 Å². The highest BCUT2D eigenvalue weighted by atomic mass is 16.5. The number of ether oxygens (including phenoxy) is 1. The SMILES string of the molecule is CC(=O)OCC(=O)N[C@H](CC(=O)O)C(=O)O. The molecule has 0 saturated heterocycles. The first-order valence-electron chi connectivity index (χ1n) is 4.20. The van der Waals surface area contributed by atoms with Crippen molar-refractivity contribution in [1.29, 1.82) is 0 Å². The van der Waals surface area contributed by atoms with Gasteiger partial charge in [0.2, 0.25) is 0 Å². The molecule has 16 heavy (non-hydrogen) atoms. The third-order valence-electron chi connectivity index (χ3n) is 1.42. The molecule has 90 valence electrons. The maximum atomic E-state index is 11.0. The van der Waals surface area contributed by atoms with Crippen LogP contribution in [-0.2, 0) is 23.9 Å². The van der Waals surface area contributed by atoms with E-state index in [1.165, 1.54) is 0 Å². The van der Waals surface area contributed by atoms with Gasteiger partial charge in [0.15, 0.2) is 6.61 Å². The normalized spacial score (nSPS) is 11.3. The highest BCUT2D eigenvalue weighted by molar-refractivity contribution is 5.87. The van der Waals surface area contributed by atoms with Gasteiger partial charge in [-0.25, -0.2) is 4.79 Å². The quantitative estimate of drug-likeness (QED) is 0.480. The van der Waals surface area contributed by atoms with Crippen LogP contribution in [0.15, 0.2) is 0 Å². The molecule has 3 N–H and O–H groups in total. The summed E-state index contributed by atoms with van der Waals surface area (Å²) in [5, 5.41) is 18.8. The summed E-state index contributed by atoms with van der Waals surface area (Å²) in [5.74, 6) is -4.40. The number of hydrogen-bond donors (Lipinski definition) is 3. The molecule has 0 unspecified atom stereocenters. The van der Waals surface area contributed by atoms with E-state index in [2.05, 4.69) is 4.74 Å². The summed E-state index contributed by atoms with van der Waals surface area (Å²) in [6.45, 7) is 0.442. The van der Waals surface area contributed by atoms with Gasteiger partial charge in [0, 0.05) is 6.92 Å². The van der Waals surface area contributed by atoms with E-state index in [4.69, 9.17) is 10.2 Å². The van der Waals surface area contributed by atoms with Gasteiger partial charge in [-0.1, -0.05) is 0 Å². The first-order valence-corrected chi connectivity index (χ1v) is 4.20. The smallest absolute Gasteiger partial charge is 0.326 e. The minimum Gasteiger partial charge on any atom is -0.481 e. The summed E-state index contributed by atoms with van der Waals surface area (Å²) >= 11 is 0. The van der Waals surface area contributed by atoms with Crippen LogP contribution in [0.1, 0.15) is 13.3 Å². The molecule has 0 aromatic carbocycles. The molecule has 0 bridgehead atoms. The van der Waals surface area contributed by atoms with Crippen molar-refractivity contribution in [3.8, 4) is 0 Å². The van der Waals surface area contributed by atoms with Crippen molar-refractivity contribution >= 4 is 23.8 Å². The number of carboxylic acids is 2. The van der Waals surface area contributed by atoms with E-state index >= 15 is 0 Å². The Morgan fingerprint density at radius 3 is 2.19 bits per heavy atom. The van der Waals surface area contributed by atoms with Crippen LogP contribution in [0.3, 0.4) is 0 Å². The first-order chi connectivity index (χ1) is 7.32. The van der Waals surface area contributed by atoms with Crippen molar-refractivity contribution in [3.63, 3.8) is 0 Å². The van der Waals surface area contributed by atoms with Crippen LogP contribution in [0, 0.1) is 0 Å². The van der Waals surface area contributed by atoms with E-state index in [-0.39, 0.29) is 0 Å². The number of amides is 1. The molecule has 0 heterocycles. The first kappa shape index (κ1) is 13.9. The summed E-state index contributed by atoms with van der Waals surface area (Å²) in [6.07, 6.45) is -0.749. The lowest BCUT2D eigenvalue weighted by Gasteiger charge is -2.11. The van der Waals surface area contributed by atoms with Crippen molar-refractivity contribution < 1.29 is 34.1 Å². The van der Waals surface area contributed by atoms with E-state index in [1.807, 2.05) is 5.32 Å². The van der Waals surface area contributed by atoms with E-state index in [0.29, 0.717) is 0 Å². The summed E-state index contributed by atoms with van der Waals surface area (Å²) in [5.41, 5.74) is 0. The highest BCUT2D eigenvalue weighted by Gasteiger charge is 2.23. The Balaban J connectivity index is 4.18. The van der Waals surface area contributed by atoms with Crippen molar-refractivity contribution in [2.75, 3.05) is 6.61 Å². The average molecular weight is 233 g/mol. The van der Waals surface area contributed by atoms with E-state index < -0.39 is 42.9 Å². The second-order valence-electron chi connectivity index (χ2n) is 2.84. The molecule has 0 aliphatic carbocycles. The molecular formula is C8H11NO7. The van der Waals surface area contributed by atoms with E-state index in [1.54, 1.807) is 0 Å². The Hall–Kier alpha value is -2.12. The number of hydrogen-bond acceptors (Lipinski definition) is 5. The second-order valence-corrected chi connectivity index (χ2v) is 2.84. The number of carboxylic acid groups (broad SMARTS) is 2. The van der Waals surface area contributed by atoms with Crippen molar-refractivity contribution in [3.05, 3.63) is 0 Å². The minimum atomic E-state index is -1.54. The summed E-state index contributed by atoms with van der Waals surface area (Å²) in [7, 11) is 0. The molecule has 8 nitrogen and oxygen atoms in total. The van der Waals surface area contributed by atoms with Crippen LogP contribution in [0.2, 0.25) is 0 Å². The Bertz CT molecular complexity index is 312. The largest absolute Gasteiger partial charge is 0.481 e. The second kappa shape index (κ2) is 6.38. The lowest BCUT2D eigenvalue weighted by molar-refractivity contribution is -0.150. The van der Waals surface area contributed by atoms with Crippen LogP contribution in [-0.4, -0.2) is 46.7 Å². The topological polar surface area (TPSA) is 130 Å². The molecular weight excluding hydrogens is 222 g/mol. The van der Waals surface area contributed by atoms with Gasteiger partial charge in [0.1, 0.15) is 6.04 Å². The predicted molar refractivity (Wildman–Crippen MR) is 48.5 cm³/mol. The average Bonchev–Trinajstić information content (AvgIpc) is 2.12. The molecule has 0 fully saturated rings. The molecule has 0 aliphatic heterocycles. The number of rotatable bonds is 6. The van der Waals surface area contributed by atoms with Crippen molar-refractivity contribution in [1.82, 2.24) is 5.32 Å². The lowest BCUT2D eigenvalue weighted by Crippen LogP contribution is -2.43. The van der Waals surface area contributed by atoms with Gasteiger partial charge in [0.05, 0.1) is 6.42 Å². The fraction of sp³-hybridized carbons (Fsp3) is 0.500. The van der Waals surface area contributed by atoms with Gasteiger partial charge in [-0.05, 0) is 0 Å². The highest BCUT2D eigenvalue weighted by Crippen LogP contribution is 1.93. The number of aliphatic carboxylic acids is 2. The monoisotopic (exact) mass is 233 g/mol. The summed E-state index contributed by atoms with van der Waals surface area (Å²) in [4.78, 5) is 42.1. The zero-order valence-electron chi connectivity index (χ0n) is 8.43. The third kappa shape index (κ3) is 6.35. The molecule has 1 atom stereocenters. The molecule has 1 amide bonds. The predicted octanol–water partition coefficient (Wildman–Crippen LogP) is -1.41. The summed E-state index contributed by atoms with van der Waals surface area (Å²) < 4.78 is 4.30. The van der Waals surface area contributed by atoms with Crippen LogP contribution < -0.4 is 5.32 Å². The molecule has 0 spiro atoms. The fourth-order valence-electron chi connectivity index (χ4n) is 0.778. The van der Waals surface area contributed by atoms with Gasteiger partial charge in [0.25, 0.3) is 5.91 Å². The molecule has 0 radical (unpaired) electrons.